The molecule has 1 aromatic heterocycles. The Bertz CT molecular complexity index is 668. The first-order valence-corrected chi connectivity index (χ1v) is 6.35. The lowest BCUT2D eigenvalue weighted by Crippen LogP contribution is -2.23. The van der Waals surface area contributed by atoms with Crippen LogP contribution >= 0.6 is 0 Å². The second-order valence-electron chi connectivity index (χ2n) is 5.32. The number of hydrogen-bond acceptors (Lipinski definition) is 2. The Morgan fingerprint density at radius 1 is 1.17 bits per heavy atom. The molecule has 0 fully saturated rings. The van der Waals surface area contributed by atoms with Gasteiger partial charge < -0.3 is 4.90 Å². The van der Waals surface area contributed by atoms with E-state index in [1.165, 1.54) is 27.8 Å². The van der Waals surface area contributed by atoms with Crippen LogP contribution in [0.5, 0.6) is 0 Å². The van der Waals surface area contributed by atoms with Crippen molar-refractivity contribution in [3.63, 3.8) is 0 Å². The van der Waals surface area contributed by atoms with E-state index < -0.39 is 0 Å². The van der Waals surface area contributed by atoms with Gasteiger partial charge in [0, 0.05) is 35.9 Å². The molecule has 0 saturated carbocycles. The Morgan fingerprint density at radius 2 is 1.94 bits per heavy atom. The van der Waals surface area contributed by atoms with E-state index >= 15 is 0 Å². The van der Waals surface area contributed by atoms with Gasteiger partial charge in [0.05, 0.1) is 5.52 Å². The topological polar surface area (TPSA) is 16.1 Å². The molecule has 0 saturated heterocycles. The molecular weight excluding hydrogens is 220 g/mol. The van der Waals surface area contributed by atoms with Gasteiger partial charge >= 0.3 is 0 Å². The Labute approximate surface area is 108 Å². The fourth-order valence-electron chi connectivity index (χ4n) is 2.86. The summed E-state index contributed by atoms with van der Waals surface area (Å²) >= 11 is 0. The predicted octanol–water partition coefficient (Wildman–Crippen LogP) is 3.70. The molecule has 0 N–H and O–H groups in total. The Kier molecular flexibility index (Phi) is 2.40. The van der Waals surface area contributed by atoms with E-state index in [2.05, 4.69) is 57.0 Å². The summed E-state index contributed by atoms with van der Waals surface area (Å²) in [7, 11) is 2.14. The molecule has 3 rings (SSSR count). The molecule has 0 unspecified atom stereocenters. The molecule has 0 bridgehead atoms. The number of aromatic nitrogens is 1. The van der Waals surface area contributed by atoms with Gasteiger partial charge in [0.15, 0.2) is 0 Å². The van der Waals surface area contributed by atoms with Gasteiger partial charge in [-0.15, -0.1) is 0 Å². The van der Waals surface area contributed by atoms with E-state index in [0.717, 1.165) is 17.8 Å². The van der Waals surface area contributed by atoms with Crippen molar-refractivity contribution < 1.29 is 0 Å². The lowest BCUT2D eigenvalue weighted by molar-refractivity contribution is 0.972. The summed E-state index contributed by atoms with van der Waals surface area (Å²) < 4.78 is 0. The molecule has 0 aliphatic carbocycles. The third-order valence-electron chi connectivity index (χ3n) is 3.62. The number of benzene rings is 1. The molecule has 92 valence electrons. The van der Waals surface area contributed by atoms with Gasteiger partial charge in [0.1, 0.15) is 0 Å². The van der Waals surface area contributed by atoms with Crippen LogP contribution in [0.1, 0.15) is 23.7 Å². The van der Waals surface area contributed by atoms with E-state index in [1.807, 2.05) is 0 Å². The molecule has 0 amide bonds. The van der Waals surface area contributed by atoms with Crippen molar-refractivity contribution in [2.24, 2.45) is 0 Å². The molecule has 0 spiro atoms. The van der Waals surface area contributed by atoms with E-state index in [0.29, 0.717) is 0 Å². The minimum absolute atomic E-state index is 1.00. The van der Waals surface area contributed by atoms with Crippen molar-refractivity contribution in [1.29, 1.82) is 0 Å². The van der Waals surface area contributed by atoms with E-state index in [-0.39, 0.29) is 0 Å². The van der Waals surface area contributed by atoms with Gasteiger partial charge in [-0.25, -0.2) is 0 Å². The fraction of sp³-hybridized carbons (Fsp3) is 0.312. The quantitative estimate of drug-likeness (QED) is 0.695. The summed E-state index contributed by atoms with van der Waals surface area (Å²) in [4.78, 5) is 7.04. The van der Waals surface area contributed by atoms with E-state index in [4.69, 9.17) is 4.98 Å². The summed E-state index contributed by atoms with van der Waals surface area (Å²) in [5.41, 5.74) is 7.47. The lowest BCUT2D eigenvalue weighted by Gasteiger charge is -2.27. The second-order valence-corrected chi connectivity index (χ2v) is 5.32. The monoisotopic (exact) mass is 238 g/mol. The van der Waals surface area contributed by atoms with E-state index in [1.54, 1.807) is 0 Å². The van der Waals surface area contributed by atoms with Crippen LogP contribution in [-0.4, -0.2) is 18.6 Å². The van der Waals surface area contributed by atoms with Crippen molar-refractivity contribution in [1.82, 2.24) is 4.98 Å². The summed E-state index contributed by atoms with van der Waals surface area (Å²) in [5.74, 6) is 0. The standard InChI is InChI=1S/C16H18N2/c1-10-7-14-15(18(4)9-10)6-5-13-11(2)8-12(3)17-16(13)14/h5-8H,9H2,1-4H3. The third-order valence-corrected chi connectivity index (χ3v) is 3.62. The number of aryl methyl sites for hydroxylation is 2. The predicted molar refractivity (Wildman–Crippen MR) is 78.1 cm³/mol. The highest BCUT2D eigenvalue weighted by molar-refractivity contribution is 5.96. The van der Waals surface area contributed by atoms with Gasteiger partial charge in [-0.3, -0.25) is 4.98 Å². The van der Waals surface area contributed by atoms with Crippen LogP contribution in [0.25, 0.3) is 17.0 Å². The summed E-state index contributed by atoms with van der Waals surface area (Å²) in [6, 6.07) is 6.56. The Hall–Kier alpha value is -1.83. The molecule has 2 heterocycles. The summed E-state index contributed by atoms with van der Waals surface area (Å²) in [6.07, 6.45) is 2.28. The highest BCUT2D eigenvalue weighted by Gasteiger charge is 2.16. The number of fused-ring (bicyclic) bond motifs is 3. The summed E-state index contributed by atoms with van der Waals surface area (Å²) in [5, 5.41) is 1.26. The molecule has 2 nitrogen and oxygen atoms in total. The maximum absolute atomic E-state index is 4.75. The molecule has 1 aliphatic rings. The fourth-order valence-corrected chi connectivity index (χ4v) is 2.86. The first-order chi connectivity index (χ1) is 8.56. The molecular formula is C16H18N2. The number of hydrogen-bond donors (Lipinski definition) is 0. The van der Waals surface area contributed by atoms with Gasteiger partial charge in [-0.1, -0.05) is 17.7 Å². The van der Waals surface area contributed by atoms with Crippen LogP contribution in [0.15, 0.2) is 23.8 Å². The highest BCUT2D eigenvalue weighted by atomic mass is 15.1. The zero-order valence-corrected chi connectivity index (χ0v) is 11.4. The molecule has 1 aromatic carbocycles. The van der Waals surface area contributed by atoms with Crippen LogP contribution in [0.2, 0.25) is 0 Å². The van der Waals surface area contributed by atoms with Crippen LogP contribution < -0.4 is 4.90 Å². The number of anilines is 1. The van der Waals surface area contributed by atoms with Gasteiger partial charge in [0.25, 0.3) is 0 Å². The van der Waals surface area contributed by atoms with Gasteiger partial charge in [0.2, 0.25) is 0 Å². The van der Waals surface area contributed by atoms with Crippen LogP contribution in [-0.2, 0) is 0 Å². The molecule has 1 aliphatic heterocycles. The number of pyridine rings is 1. The first-order valence-electron chi connectivity index (χ1n) is 6.35. The minimum atomic E-state index is 1.00. The number of rotatable bonds is 0. The molecule has 18 heavy (non-hydrogen) atoms. The molecule has 2 aromatic rings. The number of likely N-dealkylation sites (N-methyl/N-ethyl adjacent to an activating group) is 1. The normalized spacial score (nSPS) is 14.7. The maximum Gasteiger partial charge on any atom is 0.0800 e. The zero-order valence-electron chi connectivity index (χ0n) is 11.4. The SMILES string of the molecule is CC1=Cc2c(ccc3c(C)cc(C)nc23)N(C)C1. The number of nitrogens with zero attached hydrogens (tertiary/aromatic N) is 2. The third kappa shape index (κ3) is 1.60. The average molecular weight is 238 g/mol. The highest BCUT2D eigenvalue weighted by Crippen LogP contribution is 2.34. The largest absolute Gasteiger partial charge is 0.370 e. The average Bonchev–Trinajstić information content (AvgIpc) is 2.28. The van der Waals surface area contributed by atoms with Crippen LogP contribution in [0.3, 0.4) is 0 Å². The Balaban J connectivity index is 2.43. The van der Waals surface area contributed by atoms with Crippen LogP contribution in [0, 0.1) is 13.8 Å². The molecule has 2 heteroatoms. The van der Waals surface area contributed by atoms with Crippen molar-refractivity contribution in [2.45, 2.75) is 20.8 Å². The van der Waals surface area contributed by atoms with E-state index in [9.17, 15) is 0 Å². The molecule has 0 radical (unpaired) electrons. The van der Waals surface area contributed by atoms with Gasteiger partial charge in [-0.05, 0) is 38.5 Å². The van der Waals surface area contributed by atoms with Crippen LogP contribution in [0.4, 0.5) is 5.69 Å². The smallest absolute Gasteiger partial charge is 0.0800 e. The first kappa shape index (κ1) is 11.3. The maximum atomic E-state index is 4.75. The van der Waals surface area contributed by atoms with Crippen molar-refractivity contribution >= 4 is 22.7 Å². The zero-order chi connectivity index (χ0) is 12.9. The van der Waals surface area contributed by atoms with Crippen molar-refractivity contribution in [2.75, 3.05) is 18.5 Å². The lowest BCUT2D eigenvalue weighted by atomic mass is 9.98. The molecule has 0 atom stereocenters. The van der Waals surface area contributed by atoms with Crippen molar-refractivity contribution in [3.05, 3.63) is 40.6 Å². The second kappa shape index (κ2) is 3.84. The van der Waals surface area contributed by atoms with Gasteiger partial charge in [-0.2, -0.15) is 0 Å². The minimum Gasteiger partial charge on any atom is -0.370 e. The van der Waals surface area contributed by atoms with Crippen molar-refractivity contribution in [3.8, 4) is 0 Å². The summed E-state index contributed by atoms with van der Waals surface area (Å²) in [6.45, 7) is 7.41. The Morgan fingerprint density at radius 3 is 2.72 bits per heavy atom.